The zero-order valence-electron chi connectivity index (χ0n) is 9.49. The van der Waals surface area contributed by atoms with E-state index in [1.807, 2.05) is 30.3 Å². The van der Waals surface area contributed by atoms with E-state index in [1.165, 1.54) is 5.56 Å². The van der Waals surface area contributed by atoms with Crippen molar-refractivity contribution >= 4 is 0 Å². The van der Waals surface area contributed by atoms with E-state index in [-0.39, 0.29) is 16.8 Å². The van der Waals surface area contributed by atoms with Gasteiger partial charge in [0.15, 0.2) is 0 Å². The van der Waals surface area contributed by atoms with Crippen molar-refractivity contribution in [2.45, 2.75) is 26.2 Å². The molecule has 2 heteroatoms. The molecule has 0 heterocycles. The van der Waals surface area contributed by atoms with Gasteiger partial charge in [0.2, 0.25) is 10.9 Å². The summed E-state index contributed by atoms with van der Waals surface area (Å²) in [6.07, 6.45) is 0.667. The second-order valence-corrected chi connectivity index (χ2v) is 4.28. The fourth-order valence-corrected chi connectivity index (χ4v) is 2.00. The fraction of sp³-hybridized carbons (Fsp3) is 0.286. The second kappa shape index (κ2) is 4.05. The summed E-state index contributed by atoms with van der Waals surface area (Å²) in [5, 5.41) is 0. The molecule has 2 aromatic carbocycles. The molecule has 0 fully saturated rings. The Morgan fingerprint density at radius 3 is 2.25 bits per heavy atom. The molecule has 0 amide bonds. The molecule has 2 aromatic rings. The molecule has 1 atom stereocenters. The van der Waals surface area contributed by atoms with Gasteiger partial charge in [0, 0.05) is 11.1 Å². The van der Waals surface area contributed by atoms with Crippen LogP contribution in [-0.4, -0.2) is 0 Å². The van der Waals surface area contributed by atoms with E-state index >= 15 is 0 Å². The first-order valence-corrected chi connectivity index (χ1v) is 5.45. The highest BCUT2D eigenvalue weighted by Crippen LogP contribution is 2.19. The third-order valence-electron chi connectivity index (χ3n) is 3.15. The molecule has 0 aliphatic heterocycles. The predicted octanol–water partition coefficient (Wildman–Crippen LogP) is 1.94. The van der Waals surface area contributed by atoms with Crippen LogP contribution in [0.5, 0.6) is 0 Å². The Kier molecular flexibility index (Phi) is 2.73. The lowest BCUT2D eigenvalue weighted by atomic mass is 9.89. The largest absolute Gasteiger partial charge is 0.285 e. The van der Waals surface area contributed by atoms with Crippen LogP contribution >= 0.6 is 0 Å². The van der Waals surface area contributed by atoms with Crippen molar-refractivity contribution in [2.75, 3.05) is 0 Å². The summed E-state index contributed by atoms with van der Waals surface area (Å²) in [6.45, 7) is 3.81. The number of benzene rings is 1. The van der Waals surface area contributed by atoms with Gasteiger partial charge in [-0.05, 0) is 24.8 Å². The summed E-state index contributed by atoms with van der Waals surface area (Å²) in [7, 11) is 0. The third kappa shape index (κ3) is 1.71. The third-order valence-corrected chi connectivity index (χ3v) is 3.15. The molecule has 0 bridgehead atoms. The lowest BCUT2D eigenvalue weighted by molar-refractivity contribution is 0.742. The lowest BCUT2D eigenvalue weighted by Gasteiger charge is -2.14. The van der Waals surface area contributed by atoms with Gasteiger partial charge >= 0.3 is 0 Å². The van der Waals surface area contributed by atoms with Gasteiger partial charge in [0.1, 0.15) is 0 Å². The van der Waals surface area contributed by atoms with Gasteiger partial charge in [0.05, 0.1) is 0 Å². The van der Waals surface area contributed by atoms with Gasteiger partial charge < -0.3 is 0 Å². The topological polar surface area (TPSA) is 34.1 Å². The Morgan fingerprint density at radius 1 is 1.06 bits per heavy atom. The SMILES string of the molecule is Cc1c(C[C@H](C)c2ccccc2)c(=O)c1=O. The molecule has 0 saturated heterocycles. The van der Waals surface area contributed by atoms with Crippen LogP contribution in [0.4, 0.5) is 0 Å². The van der Waals surface area contributed by atoms with Crippen LogP contribution in [0.15, 0.2) is 39.9 Å². The lowest BCUT2D eigenvalue weighted by Crippen LogP contribution is -2.38. The maximum absolute atomic E-state index is 11.3. The Labute approximate surface area is 94.3 Å². The Bertz CT molecular complexity index is 560. The fourth-order valence-electron chi connectivity index (χ4n) is 2.00. The van der Waals surface area contributed by atoms with Crippen LogP contribution < -0.4 is 10.9 Å². The molecular weight excluding hydrogens is 200 g/mol. The van der Waals surface area contributed by atoms with Gasteiger partial charge in [-0.15, -0.1) is 0 Å². The highest BCUT2D eigenvalue weighted by Gasteiger charge is 2.19. The zero-order chi connectivity index (χ0) is 11.7. The molecule has 0 radical (unpaired) electrons. The van der Waals surface area contributed by atoms with E-state index < -0.39 is 0 Å². The Balaban J connectivity index is 2.19. The maximum atomic E-state index is 11.3. The van der Waals surface area contributed by atoms with E-state index in [4.69, 9.17) is 0 Å². The molecule has 0 saturated carbocycles. The van der Waals surface area contributed by atoms with Crippen LogP contribution in [-0.2, 0) is 6.42 Å². The standard InChI is InChI=1S/C14H14O2/c1-9(11-6-4-3-5-7-11)8-12-10(2)13(15)14(12)16/h3-7,9H,8H2,1-2H3/t9-/m0/s1. The van der Waals surface area contributed by atoms with E-state index in [0.717, 1.165) is 0 Å². The summed E-state index contributed by atoms with van der Waals surface area (Å²) in [6, 6.07) is 10.0. The number of rotatable bonds is 3. The van der Waals surface area contributed by atoms with E-state index in [9.17, 15) is 9.59 Å². The minimum absolute atomic E-state index is 0.281. The zero-order valence-corrected chi connectivity index (χ0v) is 9.49. The molecule has 0 unspecified atom stereocenters. The Morgan fingerprint density at radius 2 is 1.69 bits per heavy atom. The number of hydrogen-bond donors (Lipinski definition) is 0. The summed E-state index contributed by atoms with van der Waals surface area (Å²) in [5.74, 6) is 0.281. The molecule has 16 heavy (non-hydrogen) atoms. The van der Waals surface area contributed by atoms with Gasteiger partial charge in [0.25, 0.3) is 0 Å². The van der Waals surface area contributed by atoms with Gasteiger partial charge in [-0.1, -0.05) is 37.3 Å². The molecular formula is C14H14O2. The smallest absolute Gasteiger partial charge is 0.229 e. The first-order chi connectivity index (χ1) is 7.61. The summed E-state index contributed by atoms with van der Waals surface area (Å²) >= 11 is 0. The summed E-state index contributed by atoms with van der Waals surface area (Å²) in [5.41, 5.74) is 1.96. The van der Waals surface area contributed by atoms with Crippen LogP contribution in [0.2, 0.25) is 0 Å². The van der Waals surface area contributed by atoms with Crippen LogP contribution in [0.25, 0.3) is 0 Å². The van der Waals surface area contributed by atoms with Crippen molar-refractivity contribution in [3.63, 3.8) is 0 Å². The molecule has 0 aromatic heterocycles. The van der Waals surface area contributed by atoms with E-state index in [2.05, 4.69) is 6.92 Å². The van der Waals surface area contributed by atoms with Crippen molar-refractivity contribution < 1.29 is 0 Å². The van der Waals surface area contributed by atoms with Gasteiger partial charge in [-0.3, -0.25) is 9.59 Å². The molecule has 2 rings (SSSR count). The Hall–Kier alpha value is -1.70. The van der Waals surface area contributed by atoms with Crippen LogP contribution in [0.1, 0.15) is 29.5 Å². The molecule has 2 nitrogen and oxygen atoms in total. The van der Waals surface area contributed by atoms with Crippen LogP contribution in [0, 0.1) is 6.92 Å². The van der Waals surface area contributed by atoms with Crippen molar-refractivity contribution in [1.82, 2.24) is 0 Å². The van der Waals surface area contributed by atoms with E-state index in [0.29, 0.717) is 17.5 Å². The molecule has 0 aliphatic carbocycles. The van der Waals surface area contributed by atoms with E-state index in [1.54, 1.807) is 6.92 Å². The van der Waals surface area contributed by atoms with Gasteiger partial charge in [-0.25, -0.2) is 0 Å². The minimum atomic E-state index is -0.310. The number of hydrogen-bond acceptors (Lipinski definition) is 2. The normalized spacial score (nSPS) is 12.9. The van der Waals surface area contributed by atoms with Crippen molar-refractivity contribution in [1.29, 1.82) is 0 Å². The second-order valence-electron chi connectivity index (χ2n) is 4.28. The first-order valence-electron chi connectivity index (χ1n) is 5.45. The first kappa shape index (κ1) is 10.8. The minimum Gasteiger partial charge on any atom is -0.285 e. The monoisotopic (exact) mass is 214 g/mol. The average molecular weight is 214 g/mol. The van der Waals surface area contributed by atoms with Crippen molar-refractivity contribution in [2.24, 2.45) is 0 Å². The molecule has 0 aliphatic rings. The summed E-state index contributed by atoms with van der Waals surface area (Å²) < 4.78 is 0. The van der Waals surface area contributed by atoms with Gasteiger partial charge in [-0.2, -0.15) is 0 Å². The summed E-state index contributed by atoms with van der Waals surface area (Å²) in [4.78, 5) is 22.4. The molecule has 82 valence electrons. The highest BCUT2D eigenvalue weighted by atomic mass is 16.2. The van der Waals surface area contributed by atoms with Crippen LogP contribution in [0.3, 0.4) is 0 Å². The average Bonchev–Trinajstić information content (AvgIpc) is 2.35. The maximum Gasteiger partial charge on any atom is 0.229 e. The molecule has 0 N–H and O–H groups in total. The predicted molar refractivity (Wildman–Crippen MR) is 64.7 cm³/mol. The molecule has 0 spiro atoms. The van der Waals surface area contributed by atoms with Crippen molar-refractivity contribution in [3.05, 3.63) is 67.5 Å². The quantitative estimate of drug-likeness (QED) is 0.732. The van der Waals surface area contributed by atoms with Crippen molar-refractivity contribution in [3.8, 4) is 0 Å². The highest BCUT2D eigenvalue weighted by molar-refractivity contribution is 5.33.